The van der Waals surface area contributed by atoms with Crippen molar-refractivity contribution < 1.29 is 4.92 Å². The second kappa shape index (κ2) is 5.68. The Labute approximate surface area is 128 Å². The maximum atomic E-state index is 10.7. The van der Waals surface area contributed by atoms with Crippen LogP contribution in [0.2, 0.25) is 0 Å². The number of aryl methyl sites for hydroxylation is 1. The van der Waals surface area contributed by atoms with Crippen LogP contribution in [0.25, 0.3) is 20.0 Å². The Kier molecular flexibility index (Phi) is 3.74. The molecule has 0 unspecified atom stereocenters. The summed E-state index contributed by atoms with van der Waals surface area (Å²) in [5.41, 5.74) is 3.72. The number of non-ortho nitro benzene ring substituents is 1. The first-order valence-electron chi connectivity index (χ1n) is 6.55. The molecule has 0 atom stereocenters. The number of hydrogen-bond acceptors (Lipinski definition) is 2. The molecule has 4 heteroatoms. The van der Waals surface area contributed by atoms with E-state index in [-0.39, 0.29) is 25.1 Å². The maximum absolute atomic E-state index is 10.7. The SMILES string of the molecule is Cc1ccc(-c2ccc(-c3ccc([N+](=O)[O-])cc3)[se]2)cc1. The van der Waals surface area contributed by atoms with Gasteiger partial charge in [-0.2, -0.15) is 0 Å². The minimum atomic E-state index is -0.367. The van der Waals surface area contributed by atoms with Gasteiger partial charge in [-0.1, -0.05) is 0 Å². The molecule has 21 heavy (non-hydrogen) atoms. The zero-order chi connectivity index (χ0) is 14.8. The fourth-order valence-corrected chi connectivity index (χ4v) is 4.25. The van der Waals surface area contributed by atoms with E-state index < -0.39 is 0 Å². The van der Waals surface area contributed by atoms with Crippen LogP contribution < -0.4 is 0 Å². The first kappa shape index (κ1) is 13.8. The third-order valence-corrected chi connectivity index (χ3v) is 5.79. The molecule has 0 bridgehead atoms. The molecule has 2 aromatic carbocycles. The summed E-state index contributed by atoms with van der Waals surface area (Å²) in [7, 11) is 0. The molecule has 0 aliphatic heterocycles. The second-order valence-electron chi connectivity index (χ2n) is 4.83. The molecule has 3 aromatic rings. The van der Waals surface area contributed by atoms with E-state index >= 15 is 0 Å². The Morgan fingerprint density at radius 2 is 1.29 bits per heavy atom. The predicted octanol–water partition coefficient (Wildman–Crippen LogP) is 4.29. The van der Waals surface area contributed by atoms with E-state index in [0.717, 1.165) is 5.56 Å². The molecular formula is C17H13NO2Se. The van der Waals surface area contributed by atoms with Gasteiger partial charge in [0.25, 0.3) is 0 Å². The van der Waals surface area contributed by atoms with Gasteiger partial charge in [-0.3, -0.25) is 0 Å². The van der Waals surface area contributed by atoms with Gasteiger partial charge in [0.05, 0.1) is 0 Å². The van der Waals surface area contributed by atoms with E-state index in [4.69, 9.17) is 0 Å². The molecule has 0 radical (unpaired) electrons. The van der Waals surface area contributed by atoms with E-state index in [9.17, 15) is 10.1 Å². The molecule has 0 aliphatic rings. The fourth-order valence-electron chi connectivity index (χ4n) is 2.11. The van der Waals surface area contributed by atoms with Gasteiger partial charge in [-0.05, 0) is 0 Å². The van der Waals surface area contributed by atoms with Crippen LogP contribution in [0.3, 0.4) is 0 Å². The summed E-state index contributed by atoms with van der Waals surface area (Å²) in [6.07, 6.45) is 0. The first-order valence-corrected chi connectivity index (χ1v) is 8.26. The molecule has 0 amide bonds. The van der Waals surface area contributed by atoms with Crippen LogP contribution in [0.5, 0.6) is 0 Å². The van der Waals surface area contributed by atoms with Crippen molar-refractivity contribution in [2.75, 3.05) is 0 Å². The number of rotatable bonds is 3. The second-order valence-corrected chi connectivity index (χ2v) is 7.11. The number of hydrogen-bond donors (Lipinski definition) is 0. The monoisotopic (exact) mass is 343 g/mol. The van der Waals surface area contributed by atoms with Crippen LogP contribution in [-0.2, 0) is 0 Å². The van der Waals surface area contributed by atoms with Gasteiger partial charge in [0.15, 0.2) is 0 Å². The third kappa shape index (κ3) is 2.97. The van der Waals surface area contributed by atoms with E-state index in [2.05, 4.69) is 43.3 Å². The van der Waals surface area contributed by atoms with Crippen molar-refractivity contribution in [3.63, 3.8) is 0 Å². The molecule has 1 aromatic heterocycles. The quantitative estimate of drug-likeness (QED) is 0.405. The van der Waals surface area contributed by atoms with E-state index in [1.54, 1.807) is 12.1 Å². The molecule has 3 nitrogen and oxygen atoms in total. The van der Waals surface area contributed by atoms with E-state index in [1.807, 2.05) is 12.1 Å². The molecule has 0 saturated heterocycles. The summed E-state index contributed by atoms with van der Waals surface area (Å²) in [6.45, 7) is 2.08. The molecule has 0 aliphatic carbocycles. The van der Waals surface area contributed by atoms with Crippen LogP contribution in [0, 0.1) is 17.0 Å². The number of nitro groups is 1. The zero-order valence-electron chi connectivity index (χ0n) is 11.4. The molecular weight excluding hydrogens is 329 g/mol. The first-order chi connectivity index (χ1) is 10.1. The Hall–Kier alpha value is -2.16. The van der Waals surface area contributed by atoms with Gasteiger partial charge in [-0.15, -0.1) is 0 Å². The Balaban J connectivity index is 1.90. The van der Waals surface area contributed by atoms with Gasteiger partial charge in [0, 0.05) is 0 Å². The Morgan fingerprint density at radius 3 is 1.76 bits per heavy atom. The normalized spacial score (nSPS) is 10.5. The van der Waals surface area contributed by atoms with Gasteiger partial charge in [-0.25, -0.2) is 0 Å². The van der Waals surface area contributed by atoms with Crippen molar-refractivity contribution >= 4 is 20.2 Å². The average Bonchev–Trinajstić information content (AvgIpc) is 2.98. The van der Waals surface area contributed by atoms with Crippen molar-refractivity contribution in [2.24, 2.45) is 0 Å². The molecule has 0 saturated carbocycles. The molecule has 1 heterocycles. The zero-order valence-corrected chi connectivity index (χ0v) is 13.2. The number of nitrogens with zero attached hydrogens (tertiary/aromatic N) is 1. The average molecular weight is 342 g/mol. The standard InChI is InChI=1S/C17H13NO2Se/c1-12-2-4-13(5-3-12)16-10-11-17(21-16)14-6-8-15(9-7-14)18(19)20/h2-11H,1H3. The van der Waals surface area contributed by atoms with Crippen molar-refractivity contribution in [3.8, 4) is 20.0 Å². The minimum absolute atomic E-state index is 0.136. The van der Waals surface area contributed by atoms with Crippen LogP contribution in [-0.4, -0.2) is 19.4 Å². The summed E-state index contributed by atoms with van der Waals surface area (Å²) in [5, 5.41) is 10.7. The van der Waals surface area contributed by atoms with Crippen molar-refractivity contribution in [2.45, 2.75) is 6.92 Å². The third-order valence-electron chi connectivity index (χ3n) is 3.30. The molecule has 0 fully saturated rings. The number of nitro benzene ring substituents is 1. The summed E-state index contributed by atoms with van der Waals surface area (Å²) in [6, 6.07) is 19.6. The topological polar surface area (TPSA) is 43.1 Å². The van der Waals surface area contributed by atoms with Gasteiger partial charge >= 0.3 is 128 Å². The number of benzene rings is 2. The summed E-state index contributed by atoms with van der Waals surface area (Å²) < 4.78 is 2.60. The Morgan fingerprint density at radius 1 is 0.810 bits per heavy atom. The Bertz CT molecular complexity index is 773. The van der Waals surface area contributed by atoms with Crippen molar-refractivity contribution in [1.29, 1.82) is 0 Å². The van der Waals surface area contributed by atoms with Crippen molar-refractivity contribution in [3.05, 3.63) is 76.3 Å². The summed E-state index contributed by atoms with van der Waals surface area (Å²) >= 11 is 0.241. The van der Waals surface area contributed by atoms with Gasteiger partial charge < -0.3 is 0 Å². The fraction of sp³-hybridized carbons (Fsp3) is 0.0588. The van der Waals surface area contributed by atoms with E-state index in [0.29, 0.717) is 0 Å². The molecule has 3 rings (SSSR count). The van der Waals surface area contributed by atoms with Crippen LogP contribution >= 0.6 is 0 Å². The van der Waals surface area contributed by atoms with E-state index in [1.165, 1.54) is 20.0 Å². The molecule has 0 N–H and O–H groups in total. The summed E-state index contributed by atoms with van der Waals surface area (Å²) in [4.78, 5) is 10.3. The molecule has 0 spiro atoms. The predicted molar refractivity (Wildman–Crippen MR) is 85.6 cm³/mol. The summed E-state index contributed by atoms with van der Waals surface area (Å²) in [5.74, 6) is 0. The van der Waals surface area contributed by atoms with Crippen LogP contribution in [0.4, 0.5) is 5.69 Å². The van der Waals surface area contributed by atoms with Gasteiger partial charge in [0.1, 0.15) is 0 Å². The van der Waals surface area contributed by atoms with Crippen LogP contribution in [0.1, 0.15) is 5.56 Å². The molecule has 104 valence electrons. The van der Waals surface area contributed by atoms with Crippen LogP contribution in [0.15, 0.2) is 60.7 Å². The van der Waals surface area contributed by atoms with Crippen molar-refractivity contribution in [1.82, 2.24) is 0 Å². The van der Waals surface area contributed by atoms with Gasteiger partial charge in [0.2, 0.25) is 0 Å².